The minimum Gasteiger partial charge on any atom is -0.311 e. The Morgan fingerprint density at radius 3 is 2.86 bits per heavy atom. The van der Waals surface area contributed by atoms with Gasteiger partial charge < -0.3 is 5.32 Å². The molecular formula is C17H24ClFN2. The van der Waals surface area contributed by atoms with Crippen molar-refractivity contribution in [3.63, 3.8) is 0 Å². The van der Waals surface area contributed by atoms with Crippen molar-refractivity contribution in [3.8, 4) is 0 Å². The van der Waals surface area contributed by atoms with E-state index in [4.69, 9.17) is 11.6 Å². The van der Waals surface area contributed by atoms with Crippen molar-refractivity contribution in [1.29, 1.82) is 0 Å². The lowest BCUT2D eigenvalue weighted by Gasteiger charge is -2.48. The van der Waals surface area contributed by atoms with E-state index in [1.165, 1.54) is 18.9 Å². The van der Waals surface area contributed by atoms with Crippen LogP contribution in [0, 0.1) is 11.7 Å². The van der Waals surface area contributed by atoms with E-state index in [9.17, 15) is 4.39 Å². The fraction of sp³-hybridized carbons (Fsp3) is 0.647. The van der Waals surface area contributed by atoms with E-state index in [2.05, 4.69) is 24.1 Å². The predicted molar refractivity (Wildman–Crippen MR) is 85.0 cm³/mol. The van der Waals surface area contributed by atoms with Crippen LogP contribution in [0.25, 0.3) is 0 Å². The summed E-state index contributed by atoms with van der Waals surface area (Å²) in [6, 6.07) is 5.70. The molecule has 1 aromatic carbocycles. The first-order valence-corrected chi connectivity index (χ1v) is 8.32. The standard InChI is InChI=1S/C17H24ClFN2/c1-3-17(2)11-20-15(12-7-8-12)10-21(17)9-13-5-4-6-14(19)16(13)18/h4-6,12,15,20H,3,7-11H2,1-2H3. The second kappa shape index (κ2) is 5.86. The zero-order valence-corrected chi connectivity index (χ0v) is 13.6. The summed E-state index contributed by atoms with van der Waals surface area (Å²) in [5.74, 6) is 0.512. The fourth-order valence-electron chi connectivity index (χ4n) is 3.28. The van der Waals surface area contributed by atoms with E-state index < -0.39 is 0 Å². The van der Waals surface area contributed by atoms with Crippen molar-refractivity contribution in [2.45, 2.75) is 51.2 Å². The van der Waals surface area contributed by atoms with Crippen LogP contribution in [-0.2, 0) is 6.54 Å². The summed E-state index contributed by atoms with van der Waals surface area (Å²) in [5.41, 5.74) is 1.01. The first kappa shape index (κ1) is 15.3. The van der Waals surface area contributed by atoms with Crippen molar-refractivity contribution in [2.24, 2.45) is 5.92 Å². The molecule has 1 saturated heterocycles. The monoisotopic (exact) mass is 310 g/mol. The molecule has 2 fully saturated rings. The van der Waals surface area contributed by atoms with E-state index in [1.807, 2.05) is 6.07 Å². The van der Waals surface area contributed by atoms with E-state index in [0.29, 0.717) is 6.04 Å². The lowest BCUT2D eigenvalue weighted by atomic mass is 9.90. The highest BCUT2D eigenvalue weighted by atomic mass is 35.5. The molecule has 2 nitrogen and oxygen atoms in total. The quantitative estimate of drug-likeness (QED) is 0.909. The summed E-state index contributed by atoms with van der Waals surface area (Å²) in [6.07, 6.45) is 3.76. The molecule has 1 aliphatic heterocycles. The largest absolute Gasteiger partial charge is 0.311 e. The van der Waals surface area contributed by atoms with E-state index >= 15 is 0 Å². The third-order valence-corrected chi connectivity index (χ3v) is 5.69. The molecule has 2 unspecified atom stereocenters. The van der Waals surface area contributed by atoms with Gasteiger partial charge in [-0.05, 0) is 43.7 Å². The Hall–Kier alpha value is -0.640. The van der Waals surface area contributed by atoms with E-state index in [0.717, 1.165) is 37.5 Å². The Morgan fingerprint density at radius 2 is 2.19 bits per heavy atom. The maximum absolute atomic E-state index is 13.7. The number of rotatable bonds is 4. The Labute approximate surface area is 131 Å². The van der Waals surface area contributed by atoms with Gasteiger partial charge in [0, 0.05) is 31.2 Å². The second-order valence-electron chi connectivity index (χ2n) is 6.77. The number of hydrogen-bond acceptors (Lipinski definition) is 2. The molecule has 1 saturated carbocycles. The lowest BCUT2D eigenvalue weighted by Crippen LogP contribution is -2.63. The van der Waals surface area contributed by atoms with Gasteiger partial charge in [-0.2, -0.15) is 0 Å². The number of hydrogen-bond donors (Lipinski definition) is 1. The summed E-state index contributed by atoms with van der Waals surface area (Å²) < 4.78 is 13.7. The summed E-state index contributed by atoms with van der Waals surface area (Å²) in [7, 11) is 0. The fourth-order valence-corrected chi connectivity index (χ4v) is 3.47. The smallest absolute Gasteiger partial charge is 0.142 e. The molecule has 116 valence electrons. The molecule has 0 bridgehead atoms. The van der Waals surface area contributed by atoms with Crippen LogP contribution >= 0.6 is 11.6 Å². The van der Waals surface area contributed by atoms with Crippen LogP contribution in [0.4, 0.5) is 4.39 Å². The van der Waals surface area contributed by atoms with Gasteiger partial charge in [-0.15, -0.1) is 0 Å². The molecule has 2 atom stereocenters. The zero-order chi connectivity index (χ0) is 15.0. The molecule has 1 aliphatic carbocycles. The number of nitrogens with zero attached hydrogens (tertiary/aromatic N) is 1. The normalized spacial score (nSPS) is 30.6. The van der Waals surface area contributed by atoms with Gasteiger partial charge in [0.25, 0.3) is 0 Å². The number of halogens is 2. The molecule has 0 aromatic heterocycles. The summed E-state index contributed by atoms with van der Waals surface area (Å²) >= 11 is 6.14. The van der Waals surface area contributed by atoms with Crippen LogP contribution in [0.1, 0.15) is 38.7 Å². The molecule has 1 N–H and O–H groups in total. The van der Waals surface area contributed by atoms with Crippen LogP contribution < -0.4 is 5.32 Å². The molecule has 2 aliphatic rings. The Morgan fingerprint density at radius 1 is 1.43 bits per heavy atom. The molecule has 0 amide bonds. The summed E-state index contributed by atoms with van der Waals surface area (Å²) in [6.45, 7) is 7.26. The van der Waals surface area contributed by atoms with Crippen LogP contribution in [0.3, 0.4) is 0 Å². The second-order valence-corrected chi connectivity index (χ2v) is 7.15. The SMILES string of the molecule is CCC1(C)CNC(C2CC2)CN1Cc1cccc(F)c1Cl. The summed E-state index contributed by atoms with van der Waals surface area (Å²) in [5, 5.41) is 3.99. The molecule has 3 rings (SSSR count). The topological polar surface area (TPSA) is 15.3 Å². The van der Waals surface area contributed by atoms with Crippen molar-refractivity contribution in [3.05, 3.63) is 34.6 Å². The average Bonchev–Trinajstić information content (AvgIpc) is 3.31. The van der Waals surface area contributed by atoms with Crippen LogP contribution in [0.5, 0.6) is 0 Å². The maximum Gasteiger partial charge on any atom is 0.142 e. The van der Waals surface area contributed by atoms with Gasteiger partial charge in [0.15, 0.2) is 0 Å². The van der Waals surface area contributed by atoms with Crippen molar-refractivity contribution in [1.82, 2.24) is 10.2 Å². The minimum atomic E-state index is -0.318. The number of piperazine rings is 1. The van der Waals surface area contributed by atoms with Gasteiger partial charge in [-0.1, -0.05) is 30.7 Å². The predicted octanol–water partition coefficient (Wildman–Crippen LogP) is 3.83. The average molecular weight is 311 g/mol. The molecular weight excluding hydrogens is 287 g/mol. The van der Waals surface area contributed by atoms with E-state index in [-0.39, 0.29) is 16.4 Å². The van der Waals surface area contributed by atoms with Crippen LogP contribution in [0.15, 0.2) is 18.2 Å². The maximum atomic E-state index is 13.7. The highest BCUT2D eigenvalue weighted by Crippen LogP contribution is 2.37. The molecule has 0 radical (unpaired) electrons. The van der Waals surface area contributed by atoms with Gasteiger partial charge >= 0.3 is 0 Å². The molecule has 0 spiro atoms. The van der Waals surface area contributed by atoms with Gasteiger partial charge in [0.2, 0.25) is 0 Å². The van der Waals surface area contributed by atoms with Crippen molar-refractivity contribution >= 4 is 11.6 Å². The zero-order valence-electron chi connectivity index (χ0n) is 12.8. The van der Waals surface area contributed by atoms with Crippen molar-refractivity contribution < 1.29 is 4.39 Å². The highest BCUT2D eigenvalue weighted by Gasteiger charge is 2.41. The first-order valence-electron chi connectivity index (χ1n) is 7.95. The third kappa shape index (κ3) is 3.10. The van der Waals surface area contributed by atoms with E-state index in [1.54, 1.807) is 6.07 Å². The van der Waals surface area contributed by atoms with Gasteiger partial charge in [-0.25, -0.2) is 4.39 Å². The molecule has 21 heavy (non-hydrogen) atoms. The Bertz CT molecular complexity index is 518. The highest BCUT2D eigenvalue weighted by molar-refractivity contribution is 6.31. The van der Waals surface area contributed by atoms with Crippen LogP contribution in [-0.4, -0.2) is 29.6 Å². The molecule has 4 heteroatoms. The van der Waals surface area contributed by atoms with Crippen LogP contribution in [0.2, 0.25) is 5.02 Å². The van der Waals surface area contributed by atoms with Crippen molar-refractivity contribution in [2.75, 3.05) is 13.1 Å². The Kier molecular flexibility index (Phi) is 4.26. The number of nitrogens with one attached hydrogen (secondary N) is 1. The first-order chi connectivity index (χ1) is 10.0. The summed E-state index contributed by atoms with van der Waals surface area (Å²) in [4.78, 5) is 2.49. The van der Waals surface area contributed by atoms with Gasteiger partial charge in [0.1, 0.15) is 5.82 Å². The third-order valence-electron chi connectivity index (χ3n) is 5.27. The lowest BCUT2D eigenvalue weighted by molar-refractivity contribution is 0.0369. The van der Waals surface area contributed by atoms with Gasteiger partial charge in [-0.3, -0.25) is 4.90 Å². The minimum absolute atomic E-state index is 0.112. The molecule has 1 aromatic rings. The molecule has 1 heterocycles. The number of benzene rings is 1. The Balaban J connectivity index is 1.80. The van der Waals surface area contributed by atoms with Gasteiger partial charge in [0.05, 0.1) is 5.02 Å².